The summed E-state index contributed by atoms with van der Waals surface area (Å²) in [5.41, 5.74) is 0.662. The van der Waals surface area contributed by atoms with Crippen LogP contribution >= 0.6 is 0 Å². The number of ether oxygens (including phenoxy) is 2. The van der Waals surface area contributed by atoms with Gasteiger partial charge in [-0.15, -0.1) is 0 Å². The molecule has 0 aliphatic heterocycles. The van der Waals surface area contributed by atoms with E-state index in [9.17, 15) is 4.79 Å². The van der Waals surface area contributed by atoms with Gasteiger partial charge in [-0.25, -0.2) is 0 Å². The maximum atomic E-state index is 10.3. The SMILES string of the molecule is COCC(C)Oc1ccccc1NC=O. The van der Waals surface area contributed by atoms with Crippen molar-refractivity contribution in [1.29, 1.82) is 0 Å². The number of amides is 1. The largest absolute Gasteiger partial charge is 0.486 e. The maximum Gasteiger partial charge on any atom is 0.211 e. The Kier molecular flexibility index (Phi) is 4.63. The molecule has 0 spiro atoms. The highest BCUT2D eigenvalue weighted by molar-refractivity contribution is 5.75. The van der Waals surface area contributed by atoms with Crippen LogP contribution in [0.15, 0.2) is 24.3 Å². The standard InChI is InChI=1S/C11H15NO3/c1-9(7-14-2)15-11-6-4-3-5-10(11)12-8-13/h3-6,8-9H,7H2,1-2H3,(H,12,13). The third-order valence-corrected chi connectivity index (χ3v) is 1.83. The molecule has 0 fully saturated rings. The first-order valence-corrected chi connectivity index (χ1v) is 4.72. The fraction of sp³-hybridized carbons (Fsp3) is 0.364. The minimum absolute atomic E-state index is 0.0513. The van der Waals surface area contributed by atoms with E-state index in [0.717, 1.165) is 0 Å². The van der Waals surface area contributed by atoms with Crippen molar-refractivity contribution < 1.29 is 14.3 Å². The number of carbonyl (C=O) groups is 1. The van der Waals surface area contributed by atoms with E-state index >= 15 is 0 Å². The highest BCUT2D eigenvalue weighted by Gasteiger charge is 2.06. The number of carbonyl (C=O) groups excluding carboxylic acids is 1. The van der Waals surface area contributed by atoms with Crippen molar-refractivity contribution in [3.8, 4) is 5.75 Å². The summed E-state index contributed by atoms with van der Waals surface area (Å²) in [6, 6.07) is 7.27. The molecule has 1 unspecified atom stereocenters. The van der Waals surface area contributed by atoms with E-state index in [1.165, 1.54) is 0 Å². The van der Waals surface area contributed by atoms with Crippen LogP contribution in [-0.4, -0.2) is 26.2 Å². The fourth-order valence-electron chi connectivity index (χ4n) is 1.24. The molecule has 0 radical (unpaired) electrons. The van der Waals surface area contributed by atoms with Crippen molar-refractivity contribution in [2.75, 3.05) is 19.0 Å². The predicted octanol–water partition coefficient (Wildman–Crippen LogP) is 1.67. The molecule has 1 aromatic carbocycles. The Morgan fingerprint density at radius 1 is 1.47 bits per heavy atom. The van der Waals surface area contributed by atoms with E-state index in [1.807, 2.05) is 19.1 Å². The Bertz CT molecular complexity index is 314. The lowest BCUT2D eigenvalue weighted by molar-refractivity contribution is -0.105. The van der Waals surface area contributed by atoms with Crippen molar-refractivity contribution in [2.24, 2.45) is 0 Å². The van der Waals surface area contributed by atoms with Gasteiger partial charge in [-0.2, -0.15) is 0 Å². The van der Waals surface area contributed by atoms with Gasteiger partial charge in [0.1, 0.15) is 11.9 Å². The molecule has 0 aromatic heterocycles. The molecule has 0 saturated heterocycles. The molecule has 0 saturated carbocycles. The second-order valence-electron chi connectivity index (χ2n) is 3.14. The van der Waals surface area contributed by atoms with Gasteiger partial charge < -0.3 is 14.8 Å². The van der Waals surface area contributed by atoms with Crippen LogP contribution in [0.5, 0.6) is 5.75 Å². The topological polar surface area (TPSA) is 47.6 Å². The maximum absolute atomic E-state index is 10.3. The van der Waals surface area contributed by atoms with E-state index in [-0.39, 0.29) is 6.10 Å². The minimum Gasteiger partial charge on any atom is -0.486 e. The quantitative estimate of drug-likeness (QED) is 0.725. The van der Waals surface area contributed by atoms with Gasteiger partial charge in [-0.3, -0.25) is 4.79 Å². The van der Waals surface area contributed by atoms with Crippen LogP contribution in [0, 0.1) is 0 Å². The Morgan fingerprint density at radius 3 is 2.87 bits per heavy atom. The Labute approximate surface area is 89.2 Å². The summed E-state index contributed by atoms with van der Waals surface area (Å²) < 4.78 is 10.6. The zero-order chi connectivity index (χ0) is 11.1. The van der Waals surface area contributed by atoms with Crippen LogP contribution in [0.1, 0.15) is 6.92 Å². The summed E-state index contributed by atoms with van der Waals surface area (Å²) in [6.07, 6.45) is 0.577. The van der Waals surface area contributed by atoms with Crippen molar-refractivity contribution >= 4 is 12.1 Å². The zero-order valence-corrected chi connectivity index (χ0v) is 8.90. The number of nitrogens with one attached hydrogen (secondary N) is 1. The number of methoxy groups -OCH3 is 1. The highest BCUT2D eigenvalue weighted by Crippen LogP contribution is 2.24. The lowest BCUT2D eigenvalue weighted by Crippen LogP contribution is -2.18. The van der Waals surface area contributed by atoms with Gasteiger partial charge in [0.25, 0.3) is 0 Å². The van der Waals surface area contributed by atoms with Gasteiger partial charge in [-0.1, -0.05) is 12.1 Å². The smallest absolute Gasteiger partial charge is 0.211 e. The lowest BCUT2D eigenvalue weighted by atomic mass is 10.3. The second-order valence-corrected chi connectivity index (χ2v) is 3.14. The van der Waals surface area contributed by atoms with Crippen molar-refractivity contribution in [2.45, 2.75) is 13.0 Å². The van der Waals surface area contributed by atoms with Gasteiger partial charge in [0.05, 0.1) is 12.3 Å². The lowest BCUT2D eigenvalue weighted by Gasteiger charge is -2.15. The average Bonchev–Trinajstić information content (AvgIpc) is 2.21. The van der Waals surface area contributed by atoms with Crippen LogP contribution in [0.25, 0.3) is 0 Å². The summed E-state index contributed by atoms with van der Waals surface area (Å²) in [6.45, 7) is 2.41. The Morgan fingerprint density at radius 2 is 2.20 bits per heavy atom. The normalized spacial score (nSPS) is 11.9. The van der Waals surface area contributed by atoms with E-state index < -0.39 is 0 Å². The molecule has 0 bridgehead atoms. The third-order valence-electron chi connectivity index (χ3n) is 1.83. The molecule has 0 aliphatic rings. The van der Waals surface area contributed by atoms with Crippen LogP contribution in [0.3, 0.4) is 0 Å². The van der Waals surface area contributed by atoms with Crippen molar-refractivity contribution in [3.05, 3.63) is 24.3 Å². The molecule has 1 N–H and O–H groups in total. The van der Waals surface area contributed by atoms with Gasteiger partial charge in [0.15, 0.2) is 0 Å². The number of hydrogen-bond donors (Lipinski definition) is 1. The van der Waals surface area contributed by atoms with E-state index in [4.69, 9.17) is 9.47 Å². The molecule has 1 amide bonds. The minimum atomic E-state index is -0.0513. The summed E-state index contributed by atoms with van der Waals surface area (Å²) in [5, 5.41) is 2.58. The third kappa shape index (κ3) is 3.59. The van der Waals surface area contributed by atoms with Crippen molar-refractivity contribution in [3.63, 3.8) is 0 Å². The number of benzene rings is 1. The first-order chi connectivity index (χ1) is 7.27. The summed E-state index contributed by atoms with van der Waals surface area (Å²) in [5.74, 6) is 0.647. The molecular weight excluding hydrogens is 194 g/mol. The molecule has 0 aliphatic carbocycles. The fourth-order valence-corrected chi connectivity index (χ4v) is 1.24. The molecular formula is C11H15NO3. The molecule has 82 valence electrons. The number of hydrogen-bond acceptors (Lipinski definition) is 3. The first-order valence-electron chi connectivity index (χ1n) is 4.72. The molecule has 15 heavy (non-hydrogen) atoms. The Balaban J connectivity index is 2.70. The molecule has 1 atom stereocenters. The first kappa shape index (κ1) is 11.5. The highest BCUT2D eigenvalue weighted by atomic mass is 16.5. The molecule has 4 nitrogen and oxygen atoms in total. The van der Waals surface area contributed by atoms with Gasteiger partial charge in [0, 0.05) is 7.11 Å². The second kappa shape index (κ2) is 6.03. The molecule has 0 heterocycles. The van der Waals surface area contributed by atoms with Crippen LogP contribution in [0.2, 0.25) is 0 Å². The van der Waals surface area contributed by atoms with E-state index in [0.29, 0.717) is 24.5 Å². The predicted molar refractivity (Wildman–Crippen MR) is 58.1 cm³/mol. The van der Waals surface area contributed by atoms with E-state index in [2.05, 4.69) is 5.32 Å². The number of anilines is 1. The van der Waals surface area contributed by atoms with Gasteiger partial charge >= 0.3 is 0 Å². The van der Waals surface area contributed by atoms with E-state index in [1.54, 1.807) is 19.2 Å². The monoisotopic (exact) mass is 209 g/mol. The molecule has 1 aromatic rings. The van der Waals surface area contributed by atoms with Crippen LogP contribution in [-0.2, 0) is 9.53 Å². The number of para-hydroxylation sites is 2. The van der Waals surface area contributed by atoms with Crippen LogP contribution in [0.4, 0.5) is 5.69 Å². The Hall–Kier alpha value is -1.55. The molecule has 1 rings (SSSR count). The van der Waals surface area contributed by atoms with Crippen LogP contribution < -0.4 is 10.1 Å². The summed E-state index contributed by atoms with van der Waals surface area (Å²) in [4.78, 5) is 10.3. The zero-order valence-electron chi connectivity index (χ0n) is 8.90. The summed E-state index contributed by atoms with van der Waals surface area (Å²) in [7, 11) is 1.62. The van der Waals surface area contributed by atoms with Crippen molar-refractivity contribution in [1.82, 2.24) is 0 Å². The average molecular weight is 209 g/mol. The molecule has 4 heteroatoms. The summed E-state index contributed by atoms with van der Waals surface area (Å²) >= 11 is 0. The van der Waals surface area contributed by atoms with Gasteiger partial charge in [0.2, 0.25) is 6.41 Å². The number of rotatable bonds is 6. The van der Waals surface area contributed by atoms with Gasteiger partial charge in [-0.05, 0) is 19.1 Å².